The van der Waals surface area contributed by atoms with Crippen molar-refractivity contribution in [2.45, 2.75) is 39.7 Å². The highest BCUT2D eigenvalue weighted by molar-refractivity contribution is 7.07. The summed E-state index contributed by atoms with van der Waals surface area (Å²) in [6, 6.07) is 12.0. The number of carbonyl (C=O) groups excluding carboxylic acids is 1. The van der Waals surface area contributed by atoms with Gasteiger partial charge in [0, 0.05) is 12.1 Å². The van der Waals surface area contributed by atoms with E-state index >= 15 is 0 Å². The van der Waals surface area contributed by atoms with Crippen molar-refractivity contribution in [1.29, 1.82) is 0 Å². The van der Waals surface area contributed by atoms with Crippen molar-refractivity contribution in [3.05, 3.63) is 89.6 Å². The molecule has 10 heteroatoms. The molecule has 8 nitrogen and oxygen atoms in total. The van der Waals surface area contributed by atoms with Gasteiger partial charge in [0.2, 0.25) is 0 Å². The molecule has 0 saturated carbocycles. The zero-order valence-electron chi connectivity index (χ0n) is 23.1. The van der Waals surface area contributed by atoms with Crippen LogP contribution in [0.4, 0.5) is 0 Å². The quantitative estimate of drug-likeness (QED) is 0.227. The van der Waals surface area contributed by atoms with Crippen LogP contribution in [0.3, 0.4) is 0 Å². The average Bonchev–Trinajstić information content (AvgIpc) is 3.24. The van der Waals surface area contributed by atoms with E-state index in [1.807, 2.05) is 25.1 Å². The van der Waals surface area contributed by atoms with Gasteiger partial charge < -0.3 is 18.9 Å². The Balaban J connectivity index is 1.80. The van der Waals surface area contributed by atoms with Crippen molar-refractivity contribution in [2.24, 2.45) is 4.99 Å². The van der Waals surface area contributed by atoms with Gasteiger partial charge in [-0.25, -0.2) is 9.79 Å². The van der Waals surface area contributed by atoms with Crippen LogP contribution in [0.2, 0.25) is 5.02 Å². The van der Waals surface area contributed by atoms with Crippen molar-refractivity contribution in [3.8, 4) is 11.5 Å². The molecule has 3 aromatic rings. The summed E-state index contributed by atoms with van der Waals surface area (Å²) < 4.78 is 24.2. The number of methoxy groups -OCH3 is 1. The molecule has 0 saturated heterocycles. The van der Waals surface area contributed by atoms with Gasteiger partial charge in [-0.15, -0.1) is 0 Å². The minimum Gasteiger partial charge on any atom is -0.490 e. The lowest BCUT2D eigenvalue weighted by Crippen LogP contribution is -2.40. The van der Waals surface area contributed by atoms with Gasteiger partial charge in [-0.05, 0) is 61.7 Å². The van der Waals surface area contributed by atoms with Crippen LogP contribution < -0.4 is 24.4 Å². The number of hydrogen-bond acceptors (Lipinski definition) is 8. The smallest absolute Gasteiger partial charge is 0.338 e. The number of aromatic nitrogens is 1. The van der Waals surface area contributed by atoms with E-state index in [0.29, 0.717) is 50.3 Å². The highest BCUT2D eigenvalue weighted by atomic mass is 35.5. The van der Waals surface area contributed by atoms with Crippen molar-refractivity contribution in [3.63, 3.8) is 0 Å². The average molecular weight is 585 g/mol. The maximum absolute atomic E-state index is 13.9. The van der Waals surface area contributed by atoms with Gasteiger partial charge >= 0.3 is 5.97 Å². The van der Waals surface area contributed by atoms with E-state index in [9.17, 15) is 9.59 Å². The number of ether oxygens (including phenoxy) is 4. The summed E-state index contributed by atoms with van der Waals surface area (Å²) in [6.45, 7) is 7.21. The summed E-state index contributed by atoms with van der Waals surface area (Å²) in [4.78, 5) is 32.2. The Bertz CT molecular complexity index is 1560. The van der Waals surface area contributed by atoms with Crippen molar-refractivity contribution in [2.75, 3.05) is 33.5 Å². The number of esters is 1. The molecular formula is C30H33ClN2O6S. The van der Waals surface area contributed by atoms with E-state index in [1.165, 1.54) is 18.4 Å². The maximum Gasteiger partial charge on any atom is 0.338 e. The van der Waals surface area contributed by atoms with Crippen molar-refractivity contribution in [1.82, 2.24) is 4.57 Å². The van der Waals surface area contributed by atoms with Gasteiger partial charge in [-0.1, -0.05) is 54.5 Å². The van der Waals surface area contributed by atoms with Crippen LogP contribution in [0.25, 0.3) is 6.08 Å². The lowest BCUT2D eigenvalue weighted by atomic mass is 9.96. The summed E-state index contributed by atoms with van der Waals surface area (Å²) in [5.41, 5.74) is 2.03. The molecule has 1 atom stereocenters. The van der Waals surface area contributed by atoms with Gasteiger partial charge in [-0.3, -0.25) is 9.36 Å². The Labute approximate surface area is 242 Å². The van der Waals surface area contributed by atoms with Crippen LogP contribution in [-0.2, 0) is 14.3 Å². The van der Waals surface area contributed by atoms with E-state index in [2.05, 4.69) is 11.9 Å². The van der Waals surface area contributed by atoms with Gasteiger partial charge in [0.1, 0.15) is 6.61 Å². The monoisotopic (exact) mass is 584 g/mol. The normalized spacial score (nSPS) is 15.0. The number of hydrogen-bond donors (Lipinski definition) is 0. The maximum atomic E-state index is 13.9. The highest BCUT2D eigenvalue weighted by Crippen LogP contribution is 2.32. The van der Waals surface area contributed by atoms with Crippen LogP contribution in [0.5, 0.6) is 11.5 Å². The molecule has 40 heavy (non-hydrogen) atoms. The second-order valence-electron chi connectivity index (χ2n) is 9.10. The van der Waals surface area contributed by atoms with Gasteiger partial charge in [-0.2, -0.15) is 0 Å². The zero-order chi connectivity index (χ0) is 28.6. The predicted molar refractivity (Wildman–Crippen MR) is 156 cm³/mol. The lowest BCUT2D eigenvalue weighted by Gasteiger charge is -2.24. The largest absolute Gasteiger partial charge is 0.490 e. The van der Waals surface area contributed by atoms with E-state index < -0.39 is 12.0 Å². The fraction of sp³-hybridized carbons (Fsp3) is 0.367. The molecule has 0 spiro atoms. The van der Waals surface area contributed by atoms with Crippen LogP contribution in [0.1, 0.15) is 50.8 Å². The number of thiazole rings is 1. The molecule has 0 bridgehead atoms. The predicted octanol–water partition coefficient (Wildman–Crippen LogP) is 4.66. The third kappa shape index (κ3) is 6.66. The molecule has 0 N–H and O–H groups in total. The third-order valence-electron chi connectivity index (χ3n) is 6.27. The second kappa shape index (κ2) is 13.8. The summed E-state index contributed by atoms with van der Waals surface area (Å²) >= 11 is 7.40. The first-order valence-corrected chi connectivity index (χ1v) is 14.4. The van der Waals surface area contributed by atoms with Gasteiger partial charge in [0.05, 0.1) is 41.7 Å². The minimum atomic E-state index is -0.723. The Hall–Kier alpha value is -3.40. The Morgan fingerprint density at radius 1 is 1.07 bits per heavy atom. The molecule has 0 amide bonds. The van der Waals surface area contributed by atoms with Gasteiger partial charge in [0.15, 0.2) is 16.3 Å². The Morgan fingerprint density at radius 2 is 1.85 bits per heavy atom. The SMILES string of the molecule is CCCCOc1ccc(C=c2sc3n(c2=O)C(c2ccc(Cl)cc2)C(C(=O)OCCOC)=C(C)N=3)cc1OCC. The molecule has 1 unspecified atom stereocenters. The first-order valence-electron chi connectivity index (χ1n) is 13.2. The van der Waals surface area contributed by atoms with Crippen LogP contribution in [-0.4, -0.2) is 44.1 Å². The highest BCUT2D eigenvalue weighted by Gasteiger charge is 2.33. The molecule has 1 aliphatic heterocycles. The molecule has 0 radical (unpaired) electrons. The van der Waals surface area contributed by atoms with E-state index in [4.69, 9.17) is 30.5 Å². The van der Waals surface area contributed by atoms with E-state index in [-0.39, 0.29) is 18.8 Å². The Morgan fingerprint density at radius 3 is 2.55 bits per heavy atom. The molecule has 4 rings (SSSR count). The number of benzene rings is 2. The summed E-state index contributed by atoms with van der Waals surface area (Å²) in [5, 5.41) is 0.549. The number of halogens is 1. The standard InChI is InChI=1S/C30H33ClN2O6S/c1-5-7-14-38-23-13-8-20(17-24(23)37-6-2)18-25-28(34)33-27(21-9-11-22(31)12-10-21)26(19(3)32-30(33)40-25)29(35)39-16-15-36-4/h8-13,17-18,27H,5-7,14-16H2,1-4H3. The van der Waals surface area contributed by atoms with Crippen LogP contribution in [0.15, 0.2) is 63.5 Å². The molecule has 1 aliphatic rings. The van der Waals surface area contributed by atoms with E-state index in [1.54, 1.807) is 41.8 Å². The first-order chi connectivity index (χ1) is 19.4. The summed E-state index contributed by atoms with van der Waals surface area (Å²) in [5.74, 6) is 0.743. The third-order valence-corrected chi connectivity index (χ3v) is 7.50. The molecule has 2 aromatic carbocycles. The molecule has 0 fully saturated rings. The molecular weight excluding hydrogens is 552 g/mol. The lowest BCUT2D eigenvalue weighted by molar-refractivity contribution is -0.140. The van der Waals surface area contributed by atoms with Crippen molar-refractivity contribution >= 4 is 35.0 Å². The second-order valence-corrected chi connectivity index (χ2v) is 10.5. The number of carbonyl (C=O) groups is 1. The molecule has 2 heterocycles. The minimum absolute atomic E-state index is 0.0875. The number of fused-ring (bicyclic) bond motifs is 1. The first kappa shape index (κ1) is 29.6. The molecule has 0 aliphatic carbocycles. The van der Waals surface area contributed by atoms with Crippen LogP contribution in [0, 0.1) is 0 Å². The topological polar surface area (TPSA) is 88.4 Å². The molecule has 1 aromatic heterocycles. The summed E-state index contributed by atoms with van der Waals surface area (Å²) in [6.07, 6.45) is 3.79. The number of rotatable bonds is 12. The fourth-order valence-corrected chi connectivity index (χ4v) is 5.49. The summed E-state index contributed by atoms with van der Waals surface area (Å²) in [7, 11) is 1.53. The van der Waals surface area contributed by atoms with Gasteiger partial charge in [0.25, 0.3) is 5.56 Å². The van der Waals surface area contributed by atoms with E-state index in [0.717, 1.165) is 24.0 Å². The fourth-order valence-electron chi connectivity index (χ4n) is 4.32. The van der Waals surface area contributed by atoms with Crippen LogP contribution >= 0.6 is 22.9 Å². The van der Waals surface area contributed by atoms with Crippen molar-refractivity contribution < 1.29 is 23.7 Å². The zero-order valence-corrected chi connectivity index (χ0v) is 24.6. The number of unbranched alkanes of at least 4 members (excludes halogenated alkanes) is 1. The number of nitrogens with zero attached hydrogens (tertiary/aromatic N) is 2. The number of allylic oxidation sites excluding steroid dienone is 1. The Kier molecular flexibility index (Phi) is 10.2. The molecule has 212 valence electrons.